The summed E-state index contributed by atoms with van der Waals surface area (Å²) in [5.41, 5.74) is 0. The van der Waals surface area contributed by atoms with Crippen LogP contribution in [-0.4, -0.2) is 34.0 Å². The maximum absolute atomic E-state index is 4.76. The molecule has 24 heavy (non-hydrogen) atoms. The lowest BCUT2D eigenvalue weighted by molar-refractivity contribution is 0.00405. The molecular formula is C22H38N2. The highest BCUT2D eigenvalue weighted by atomic mass is 15.4. The van der Waals surface area contributed by atoms with Crippen LogP contribution in [0.4, 0.5) is 0 Å². The minimum atomic E-state index is 0.789. The van der Waals surface area contributed by atoms with E-state index in [0.29, 0.717) is 0 Å². The van der Waals surface area contributed by atoms with E-state index in [2.05, 4.69) is 9.80 Å². The van der Waals surface area contributed by atoms with E-state index in [1.165, 1.54) is 109 Å². The van der Waals surface area contributed by atoms with Gasteiger partial charge in [0, 0.05) is 24.2 Å². The maximum Gasteiger partial charge on any atom is 0.0975 e. The zero-order valence-corrected chi connectivity index (χ0v) is 15.7. The zero-order chi connectivity index (χ0) is 16.4. The predicted octanol–water partition coefficient (Wildman–Crippen LogP) is 5.83. The second kappa shape index (κ2) is 7.70. The van der Waals surface area contributed by atoms with Crippen LogP contribution in [0.5, 0.6) is 0 Å². The molecule has 2 nitrogen and oxygen atoms in total. The van der Waals surface area contributed by atoms with E-state index < -0.39 is 0 Å². The third-order valence-corrected chi connectivity index (χ3v) is 7.47. The molecule has 0 atom stereocenters. The molecular weight excluding hydrogens is 292 g/mol. The van der Waals surface area contributed by atoms with Crippen LogP contribution in [0.3, 0.4) is 0 Å². The van der Waals surface area contributed by atoms with E-state index in [-0.39, 0.29) is 0 Å². The Labute approximate surface area is 149 Å². The molecule has 0 saturated heterocycles. The van der Waals surface area contributed by atoms with Crippen LogP contribution in [0, 0.1) is 0 Å². The van der Waals surface area contributed by atoms with Gasteiger partial charge in [0.15, 0.2) is 0 Å². The summed E-state index contributed by atoms with van der Waals surface area (Å²) in [4.78, 5) is 5.71. The highest BCUT2D eigenvalue weighted by molar-refractivity contribution is 5.07. The quantitative estimate of drug-likeness (QED) is 0.604. The zero-order valence-electron chi connectivity index (χ0n) is 15.7. The molecule has 4 aliphatic rings. The number of hydrogen-bond donors (Lipinski definition) is 0. The summed E-state index contributed by atoms with van der Waals surface area (Å²) >= 11 is 0. The van der Waals surface area contributed by atoms with Crippen LogP contribution >= 0.6 is 0 Å². The lowest BCUT2D eigenvalue weighted by atomic mass is 9.83. The fraction of sp³-hybridized carbons (Fsp3) is 0.909. The molecule has 4 fully saturated rings. The fourth-order valence-corrected chi connectivity index (χ4v) is 5.62. The Morgan fingerprint density at radius 2 is 0.750 bits per heavy atom. The Hall–Kier alpha value is -0.660. The predicted molar refractivity (Wildman–Crippen MR) is 102 cm³/mol. The summed E-state index contributed by atoms with van der Waals surface area (Å²) < 4.78 is 0. The molecule has 4 aliphatic carbocycles. The van der Waals surface area contributed by atoms with Crippen molar-refractivity contribution in [2.24, 2.45) is 0 Å². The van der Waals surface area contributed by atoms with Crippen LogP contribution < -0.4 is 0 Å². The first-order valence-electron chi connectivity index (χ1n) is 11.1. The van der Waals surface area contributed by atoms with E-state index in [1.54, 1.807) is 0 Å². The van der Waals surface area contributed by atoms with Crippen molar-refractivity contribution >= 4 is 0 Å². The number of nitrogens with zero attached hydrogens (tertiary/aromatic N) is 2. The van der Waals surface area contributed by atoms with Crippen LogP contribution in [0.1, 0.15) is 103 Å². The van der Waals surface area contributed by atoms with Gasteiger partial charge in [-0.3, -0.25) is 0 Å². The fourth-order valence-electron chi connectivity index (χ4n) is 5.62. The molecule has 0 aromatic rings. The molecule has 0 N–H and O–H groups in total. The van der Waals surface area contributed by atoms with Gasteiger partial charge in [-0.05, 0) is 64.2 Å². The first-order chi connectivity index (χ1) is 11.8. The van der Waals surface area contributed by atoms with Gasteiger partial charge in [0.25, 0.3) is 0 Å². The van der Waals surface area contributed by atoms with Crippen molar-refractivity contribution in [3.8, 4) is 0 Å². The molecule has 0 radical (unpaired) electrons. The van der Waals surface area contributed by atoms with Crippen molar-refractivity contribution in [3.05, 3.63) is 12.4 Å². The van der Waals surface area contributed by atoms with Gasteiger partial charge in [0.05, 0.1) is 5.82 Å². The smallest absolute Gasteiger partial charge is 0.0975 e. The second-order valence-corrected chi connectivity index (χ2v) is 8.98. The summed E-state index contributed by atoms with van der Waals surface area (Å²) in [6, 6.07) is 3.21. The average Bonchev–Trinajstić information content (AvgIpc) is 2.53. The van der Waals surface area contributed by atoms with Gasteiger partial charge in [-0.2, -0.15) is 0 Å². The van der Waals surface area contributed by atoms with Gasteiger partial charge >= 0.3 is 0 Å². The van der Waals surface area contributed by atoms with Crippen LogP contribution in [0.2, 0.25) is 0 Å². The number of rotatable bonds is 6. The molecule has 4 rings (SSSR count). The highest BCUT2D eigenvalue weighted by Crippen LogP contribution is 2.40. The Morgan fingerprint density at radius 3 is 1.00 bits per heavy atom. The molecule has 2 heteroatoms. The molecule has 0 heterocycles. The standard InChI is InChI=1S/C22H38N2/c1-18(24(21-14-8-15-21)22-16-9-17-22)23(19-10-4-2-5-11-19)20-12-6-3-7-13-20/h19-22H,1-17H2. The van der Waals surface area contributed by atoms with Gasteiger partial charge in [-0.25, -0.2) is 0 Å². The molecule has 4 saturated carbocycles. The largest absolute Gasteiger partial charge is 0.353 e. The minimum Gasteiger partial charge on any atom is -0.353 e. The van der Waals surface area contributed by atoms with Crippen molar-refractivity contribution in [2.75, 3.05) is 0 Å². The van der Waals surface area contributed by atoms with Gasteiger partial charge in [-0.1, -0.05) is 45.1 Å². The lowest BCUT2D eigenvalue weighted by Gasteiger charge is -2.54. The lowest BCUT2D eigenvalue weighted by Crippen LogP contribution is -2.56. The Bertz CT molecular complexity index is 380. The summed E-state index contributed by atoms with van der Waals surface area (Å²) in [5.74, 6) is 1.45. The van der Waals surface area contributed by atoms with Gasteiger partial charge < -0.3 is 9.80 Å². The van der Waals surface area contributed by atoms with Gasteiger partial charge in [0.2, 0.25) is 0 Å². The summed E-state index contributed by atoms with van der Waals surface area (Å²) in [7, 11) is 0. The molecule has 0 spiro atoms. The normalized spacial score (nSPS) is 27.3. The second-order valence-electron chi connectivity index (χ2n) is 8.98. The average molecular weight is 331 g/mol. The van der Waals surface area contributed by atoms with Crippen molar-refractivity contribution in [1.82, 2.24) is 9.80 Å². The highest BCUT2D eigenvalue weighted by Gasteiger charge is 2.39. The van der Waals surface area contributed by atoms with Crippen molar-refractivity contribution in [3.63, 3.8) is 0 Å². The van der Waals surface area contributed by atoms with Gasteiger partial charge in [-0.15, -0.1) is 0 Å². The Balaban J connectivity index is 1.53. The minimum absolute atomic E-state index is 0.789. The first kappa shape index (κ1) is 16.8. The molecule has 136 valence electrons. The Morgan fingerprint density at radius 1 is 0.458 bits per heavy atom. The molecule has 0 bridgehead atoms. The van der Waals surface area contributed by atoms with E-state index in [9.17, 15) is 0 Å². The molecule has 0 aromatic carbocycles. The SMILES string of the molecule is C=C(N(C1CCCCC1)C1CCCCC1)N(C1CCC1)C1CCC1. The molecule has 0 amide bonds. The van der Waals surface area contributed by atoms with Crippen LogP contribution in [-0.2, 0) is 0 Å². The first-order valence-corrected chi connectivity index (χ1v) is 11.1. The van der Waals surface area contributed by atoms with E-state index in [1.807, 2.05) is 0 Å². The summed E-state index contributed by atoms with van der Waals surface area (Å²) in [6.07, 6.45) is 22.9. The van der Waals surface area contributed by atoms with Crippen molar-refractivity contribution < 1.29 is 0 Å². The third-order valence-electron chi connectivity index (χ3n) is 7.47. The third kappa shape index (κ3) is 3.35. The summed E-state index contributed by atoms with van der Waals surface area (Å²) in [5, 5.41) is 0. The van der Waals surface area contributed by atoms with Crippen LogP contribution in [0.15, 0.2) is 12.4 Å². The van der Waals surface area contributed by atoms with Crippen molar-refractivity contribution in [2.45, 2.75) is 127 Å². The molecule has 0 aliphatic heterocycles. The van der Waals surface area contributed by atoms with E-state index in [4.69, 9.17) is 6.58 Å². The summed E-state index contributed by atoms with van der Waals surface area (Å²) in [6.45, 7) is 4.76. The van der Waals surface area contributed by atoms with Gasteiger partial charge in [0.1, 0.15) is 0 Å². The molecule has 0 unspecified atom stereocenters. The Kier molecular flexibility index (Phi) is 5.39. The van der Waals surface area contributed by atoms with E-state index in [0.717, 1.165) is 24.2 Å². The van der Waals surface area contributed by atoms with Crippen molar-refractivity contribution in [1.29, 1.82) is 0 Å². The molecule has 0 aromatic heterocycles. The monoisotopic (exact) mass is 330 g/mol. The van der Waals surface area contributed by atoms with E-state index >= 15 is 0 Å². The van der Waals surface area contributed by atoms with Crippen LogP contribution in [0.25, 0.3) is 0 Å². The number of hydrogen-bond acceptors (Lipinski definition) is 2. The topological polar surface area (TPSA) is 6.48 Å². The maximum atomic E-state index is 4.76.